The number of piperidine rings is 1. The Bertz CT molecular complexity index is 898. The Balaban J connectivity index is 2.22. The molecule has 0 aliphatic carbocycles. The second kappa shape index (κ2) is 9.51. The van der Waals surface area contributed by atoms with Crippen LogP contribution in [0.1, 0.15) is 56.2 Å². The highest BCUT2D eigenvalue weighted by Crippen LogP contribution is 2.52. The number of aliphatic hydroxyl groups excluding tert-OH is 1. The van der Waals surface area contributed by atoms with Crippen LogP contribution in [0.3, 0.4) is 0 Å². The quantitative estimate of drug-likeness (QED) is 0.546. The third-order valence-electron chi connectivity index (χ3n) is 6.14. The third kappa shape index (κ3) is 4.41. The fourth-order valence-electron chi connectivity index (χ4n) is 4.60. The van der Waals surface area contributed by atoms with E-state index in [1.54, 1.807) is 12.3 Å². The lowest BCUT2D eigenvalue weighted by Crippen LogP contribution is -2.56. The highest BCUT2D eigenvalue weighted by molar-refractivity contribution is 6.30. The molecular weight excluding hydrogens is 419 g/mol. The Morgan fingerprint density at radius 2 is 1.97 bits per heavy atom. The number of rotatable bonds is 7. The van der Waals surface area contributed by atoms with E-state index >= 15 is 0 Å². The molecule has 1 saturated heterocycles. The van der Waals surface area contributed by atoms with E-state index in [-0.39, 0.29) is 30.5 Å². The van der Waals surface area contributed by atoms with Gasteiger partial charge in [0, 0.05) is 23.3 Å². The number of likely N-dealkylation sites (tertiary alicyclic amines) is 1. The molecule has 1 aromatic heterocycles. The third-order valence-corrected chi connectivity index (χ3v) is 6.60. The summed E-state index contributed by atoms with van der Waals surface area (Å²) < 4.78 is 0. The molecule has 3 rings (SSSR count). The second-order valence-electron chi connectivity index (χ2n) is 8.25. The van der Waals surface area contributed by atoms with Crippen LogP contribution in [0.25, 0.3) is 0 Å². The fourth-order valence-corrected chi connectivity index (χ4v) is 4.90. The van der Waals surface area contributed by atoms with Crippen molar-refractivity contribution in [2.45, 2.75) is 51.1 Å². The number of nitrogens with zero attached hydrogens (tertiary/aromatic N) is 2. The summed E-state index contributed by atoms with van der Waals surface area (Å²) in [6, 6.07) is 8.96. The van der Waals surface area contributed by atoms with Crippen LogP contribution in [-0.2, 0) is 4.79 Å². The molecule has 0 saturated carbocycles. The molecule has 0 bridgehead atoms. The summed E-state index contributed by atoms with van der Waals surface area (Å²) in [7, 11) is 0. The van der Waals surface area contributed by atoms with Crippen molar-refractivity contribution in [1.82, 2.24) is 9.88 Å². The summed E-state index contributed by atoms with van der Waals surface area (Å²) in [6.07, 6.45) is 7.07. The number of pyridine rings is 1. The number of benzene rings is 1. The number of halogens is 2. The number of hydrogen-bond donors (Lipinski definition) is 1. The van der Waals surface area contributed by atoms with E-state index in [0.29, 0.717) is 29.3 Å². The van der Waals surface area contributed by atoms with E-state index in [2.05, 4.69) is 11.6 Å². The topological polar surface area (TPSA) is 53.4 Å². The van der Waals surface area contributed by atoms with Gasteiger partial charge in [0.2, 0.25) is 5.91 Å². The molecule has 2 heterocycles. The van der Waals surface area contributed by atoms with Crippen LogP contribution in [0.5, 0.6) is 0 Å². The molecule has 1 unspecified atom stereocenters. The first-order chi connectivity index (χ1) is 14.3. The molecular formula is C24H28Cl2N2O2. The molecule has 1 aromatic carbocycles. The zero-order valence-electron chi connectivity index (χ0n) is 17.4. The number of allylic oxidation sites excluding steroid dienone is 1. The minimum atomic E-state index is -0.625. The average Bonchev–Trinajstić information content (AvgIpc) is 2.73. The minimum absolute atomic E-state index is 0.0366. The van der Waals surface area contributed by atoms with Crippen molar-refractivity contribution in [3.8, 4) is 0 Å². The highest BCUT2D eigenvalue weighted by Gasteiger charge is 2.50. The van der Waals surface area contributed by atoms with Gasteiger partial charge in [-0.25, -0.2) is 0 Å². The summed E-state index contributed by atoms with van der Waals surface area (Å²) in [5.74, 6) is -0.00453. The van der Waals surface area contributed by atoms with Gasteiger partial charge in [0.15, 0.2) is 0 Å². The first-order valence-corrected chi connectivity index (χ1v) is 11.0. The summed E-state index contributed by atoms with van der Waals surface area (Å²) in [6.45, 7) is 7.75. The van der Waals surface area contributed by atoms with Crippen molar-refractivity contribution in [1.29, 1.82) is 0 Å². The standard InChI is InChI=1S/C24H28Cl2N2O2/c1-4-10-24(3)12-21(17-11-19(26)14-27-13-17)22(16-6-8-18(25)9-7-16)28(23(24)30)20(5-2)15-29/h4,6-9,11,13-14,20-22,29H,1,5,10,12,15H2,2-3H3/t20?,21-,22-,24+/m1/s1. The maximum Gasteiger partial charge on any atom is 0.229 e. The molecule has 1 amide bonds. The van der Waals surface area contributed by atoms with Gasteiger partial charge in [-0.3, -0.25) is 9.78 Å². The van der Waals surface area contributed by atoms with Gasteiger partial charge >= 0.3 is 0 Å². The van der Waals surface area contributed by atoms with Crippen LogP contribution in [-0.4, -0.2) is 33.5 Å². The Kier molecular flexibility index (Phi) is 7.22. The van der Waals surface area contributed by atoms with Crippen LogP contribution in [0.4, 0.5) is 0 Å². The van der Waals surface area contributed by atoms with E-state index in [4.69, 9.17) is 23.2 Å². The number of amides is 1. The van der Waals surface area contributed by atoms with Crippen molar-refractivity contribution in [2.75, 3.05) is 6.61 Å². The van der Waals surface area contributed by atoms with E-state index in [1.807, 2.05) is 55.3 Å². The van der Waals surface area contributed by atoms with Crippen LogP contribution in [0, 0.1) is 5.41 Å². The van der Waals surface area contributed by atoms with Crippen molar-refractivity contribution in [3.05, 3.63) is 76.6 Å². The molecule has 1 aliphatic rings. The number of aliphatic hydroxyl groups is 1. The summed E-state index contributed by atoms with van der Waals surface area (Å²) in [5.41, 5.74) is 1.33. The molecule has 30 heavy (non-hydrogen) atoms. The molecule has 6 heteroatoms. The lowest BCUT2D eigenvalue weighted by atomic mass is 9.67. The van der Waals surface area contributed by atoms with Gasteiger partial charge in [-0.2, -0.15) is 0 Å². The Morgan fingerprint density at radius 3 is 2.53 bits per heavy atom. The number of aromatic nitrogens is 1. The highest BCUT2D eigenvalue weighted by atomic mass is 35.5. The van der Waals surface area contributed by atoms with Gasteiger partial charge in [0.25, 0.3) is 0 Å². The molecule has 0 radical (unpaired) electrons. The zero-order valence-corrected chi connectivity index (χ0v) is 18.9. The lowest BCUT2D eigenvalue weighted by molar-refractivity contribution is -0.156. The Morgan fingerprint density at radius 1 is 1.27 bits per heavy atom. The largest absolute Gasteiger partial charge is 0.394 e. The van der Waals surface area contributed by atoms with Crippen LogP contribution >= 0.6 is 23.2 Å². The number of carbonyl (C=O) groups excluding carboxylic acids is 1. The molecule has 1 fully saturated rings. The van der Waals surface area contributed by atoms with Crippen LogP contribution in [0.2, 0.25) is 10.0 Å². The van der Waals surface area contributed by atoms with Gasteiger partial charge in [-0.15, -0.1) is 6.58 Å². The monoisotopic (exact) mass is 446 g/mol. The Hall–Kier alpha value is -1.88. The van der Waals surface area contributed by atoms with Gasteiger partial charge < -0.3 is 10.0 Å². The van der Waals surface area contributed by atoms with Crippen molar-refractivity contribution in [2.24, 2.45) is 5.41 Å². The summed E-state index contributed by atoms with van der Waals surface area (Å²) >= 11 is 12.4. The Labute approximate surface area is 188 Å². The second-order valence-corrected chi connectivity index (χ2v) is 9.13. The summed E-state index contributed by atoms with van der Waals surface area (Å²) in [4.78, 5) is 20.0. The lowest BCUT2D eigenvalue weighted by Gasteiger charge is -2.51. The fraction of sp³-hybridized carbons (Fsp3) is 0.417. The molecule has 1 N–H and O–H groups in total. The first-order valence-electron chi connectivity index (χ1n) is 10.2. The normalized spacial score (nSPS) is 25.2. The number of carbonyl (C=O) groups is 1. The molecule has 0 spiro atoms. The van der Waals surface area contributed by atoms with Crippen molar-refractivity contribution >= 4 is 29.1 Å². The van der Waals surface area contributed by atoms with Gasteiger partial charge in [0.05, 0.1) is 29.1 Å². The minimum Gasteiger partial charge on any atom is -0.394 e. The molecule has 4 atom stereocenters. The molecule has 2 aromatic rings. The molecule has 4 nitrogen and oxygen atoms in total. The van der Waals surface area contributed by atoms with Crippen LogP contribution in [0.15, 0.2) is 55.4 Å². The van der Waals surface area contributed by atoms with Gasteiger partial charge in [-0.05, 0) is 48.6 Å². The van der Waals surface area contributed by atoms with E-state index in [0.717, 1.165) is 11.1 Å². The SMILES string of the molecule is C=CC[C@@]1(C)C[C@H](c2cncc(Cl)c2)[C@@H](c2ccc(Cl)cc2)N(C(CC)CO)C1=O. The molecule has 1 aliphatic heterocycles. The maximum absolute atomic E-state index is 13.8. The van der Waals surface area contributed by atoms with E-state index < -0.39 is 5.41 Å². The maximum atomic E-state index is 13.8. The van der Waals surface area contributed by atoms with Crippen molar-refractivity contribution in [3.63, 3.8) is 0 Å². The predicted molar refractivity (Wildman–Crippen MR) is 122 cm³/mol. The zero-order chi connectivity index (χ0) is 21.9. The summed E-state index contributed by atoms with van der Waals surface area (Å²) in [5, 5.41) is 11.3. The van der Waals surface area contributed by atoms with Gasteiger partial charge in [-0.1, -0.05) is 55.3 Å². The van der Waals surface area contributed by atoms with Gasteiger partial charge in [0.1, 0.15) is 0 Å². The van der Waals surface area contributed by atoms with E-state index in [9.17, 15) is 9.90 Å². The van der Waals surface area contributed by atoms with Crippen molar-refractivity contribution < 1.29 is 9.90 Å². The first kappa shape index (κ1) is 22.8. The average molecular weight is 447 g/mol. The molecule has 160 valence electrons. The van der Waals surface area contributed by atoms with E-state index in [1.165, 1.54) is 0 Å². The smallest absolute Gasteiger partial charge is 0.229 e. The number of hydrogen-bond acceptors (Lipinski definition) is 3. The van der Waals surface area contributed by atoms with Crippen LogP contribution < -0.4 is 0 Å². The predicted octanol–water partition coefficient (Wildman–Crippen LogP) is 5.80.